The van der Waals surface area contributed by atoms with Gasteiger partial charge in [0.2, 0.25) is 0 Å². The van der Waals surface area contributed by atoms with Gasteiger partial charge in [0.25, 0.3) is 0 Å². The summed E-state index contributed by atoms with van der Waals surface area (Å²) >= 11 is 0. The van der Waals surface area contributed by atoms with Gasteiger partial charge in [0.15, 0.2) is 11.6 Å². The minimum absolute atomic E-state index is 0.0548. The molecule has 0 radical (unpaired) electrons. The summed E-state index contributed by atoms with van der Waals surface area (Å²) in [6, 6.07) is 36.6. The zero-order valence-corrected chi connectivity index (χ0v) is 27.7. The first-order valence-electron chi connectivity index (χ1n) is 16.9. The number of hydrogen-bond donors (Lipinski definition) is 0. The Morgan fingerprint density at radius 2 is 1.42 bits per heavy atom. The lowest BCUT2D eigenvalue weighted by Crippen LogP contribution is -2.56. The van der Waals surface area contributed by atoms with E-state index in [1.165, 1.54) is 16.9 Å². The number of anilines is 7. The van der Waals surface area contributed by atoms with Crippen LogP contribution < -0.4 is 19.6 Å². The Hall–Kier alpha value is -5.61. The number of rotatable bonds is 6. The number of benzene rings is 4. The van der Waals surface area contributed by atoms with E-state index < -0.39 is 0 Å². The van der Waals surface area contributed by atoms with Gasteiger partial charge in [-0.2, -0.15) is 5.26 Å². The monoisotopic (exact) mass is 629 g/mol. The minimum Gasteiger partial charge on any atom is -0.352 e. The molecule has 0 aliphatic carbocycles. The Morgan fingerprint density at radius 1 is 0.771 bits per heavy atom. The molecule has 0 spiro atoms. The topological polar surface area (TPSA) is 62.5 Å². The fourth-order valence-electron chi connectivity index (χ4n) is 8.69. The SMILES string of the molecule is C=Cc1cc(C#N)ccc1N1c2ccccc2N(C)C1C1CC(CC)(CC)c2ccccc2N2c3nccnc3N(c3ccccc3)C12. The van der Waals surface area contributed by atoms with Gasteiger partial charge in [0.1, 0.15) is 12.3 Å². The van der Waals surface area contributed by atoms with Crippen LogP contribution in [-0.4, -0.2) is 29.3 Å². The first-order chi connectivity index (χ1) is 23.5. The normalized spacial score (nSPS) is 20.3. The van der Waals surface area contributed by atoms with Crippen LogP contribution in [0.4, 0.5) is 40.1 Å². The highest BCUT2D eigenvalue weighted by Crippen LogP contribution is 2.59. The number of nitriles is 1. The lowest BCUT2D eigenvalue weighted by Gasteiger charge is -2.46. The third-order valence-corrected chi connectivity index (χ3v) is 11.0. The van der Waals surface area contributed by atoms with Crippen molar-refractivity contribution in [2.45, 2.75) is 50.9 Å². The lowest BCUT2D eigenvalue weighted by molar-refractivity contribution is 0.247. The van der Waals surface area contributed by atoms with E-state index in [4.69, 9.17) is 9.97 Å². The van der Waals surface area contributed by atoms with Gasteiger partial charge in [0.05, 0.1) is 28.7 Å². The van der Waals surface area contributed by atoms with Gasteiger partial charge in [-0.05, 0) is 84.3 Å². The van der Waals surface area contributed by atoms with E-state index in [0.29, 0.717) is 5.56 Å². The molecule has 0 saturated heterocycles. The molecule has 238 valence electrons. The number of fused-ring (bicyclic) bond motifs is 6. The summed E-state index contributed by atoms with van der Waals surface area (Å²) in [6.45, 7) is 8.88. The fourth-order valence-corrected chi connectivity index (χ4v) is 8.69. The molecule has 1 aromatic heterocycles. The van der Waals surface area contributed by atoms with Gasteiger partial charge in [0, 0.05) is 36.7 Å². The highest BCUT2D eigenvalue weighted by molar-refractivity contribution is 5.89. The van der Waals surface area contributed by atoms with Crippen molar-refractivity contribution in [1.29, 1.82) is 5.26 Å². The predicted octanol–water partition coefficient (Wildman–Crippen LogP) is 9.30. The zero-order chi connectivity index (χ0) is 33.0. The van der Waals surface area contributed by atoms with Crippen LogP contribution in [0.3, 0.4) is 0 Å². The summed E-state index contributed by atoms with van der Waals surface area (Å²) in [4.78, 5) is 19.9. The molecular weight excluding hydrogens is 591 g/mol. The molecule has 0 saturated carbocycles. The molecule has 48 heavy (non-hydrogen) atoms. The van der Waals surface area contributed by atoms with Crippen molar-refractivity contribution < 1.29 is 0 Å². The summed E-state index contributed by atoms with van der Waals surface area (Å²) in [5, 5.41) is 9.80. The number of nitrogens with zero attached hydrogens (tertiary/aromatic N) is 7. The maximum atomic E-state index is 9.80. The second-order valence-electron chi connectivity index (χ2n) is 13.0. The molecule has 0 N–H and O–H groups in total. The Labute approximate surface area is 283 Å². The number of para-hydroxylation sites is 4. The highest BCUT2D eigenvalue weighted by atomic mass is 15.5. The first kappa shape index (κ1) is 29.8. The first-order valence-corrected chi connectivity index (χ1v) is 16.9. The van der Waals surface area contributed by atoms with Gasteiger partial charge in [-0.1, -0.05) is 75.0 Å². The Kier molecular flexibility index (Phi) is 7.18. The van der Waals surface area contributed by atoms with Crippen LogP contribution in [0.5, 0.6) is 0 Å². The van der Waals surface area contributed by atoms with Crippen LogP contribution >= 0.6 is 0 Å². The van der Waals surface area contributed by atoms with E-state index in [9.17, 15) is 5.26 Å². The Balaban J connectivity index is 1.43. The number of aromatic nitrogens is 2. The molecule has 3 atom stereocenters. The summed E-state index contributed by atoms with van der Waals surface area (Å²) in [6.07, 6.45) is 8.23. The quantitative estimate of drug-likeness (QED) is 0.185. The molecule has 5 aromatic rings. The van der Waals surface area contributed by atoms with E-state index in [2.05, 4.69) is 138 Å². The summed E-state index contributed by atoms with van der Waals surface area (Å²) in [7, 11) is 2.23. The molecular formula is C41H39N7. The molecule has 3 aliphatic rings. The molecule has 0 amide bonds. The lowest BCUT2D eigenvalue weighted by atomic mass is 9.69. The van der Waals surface area contributed by atoms with Crippen molar-refractivity contribution in [2.24, 2.45) is 5.92 Å². The largest absolute Gasteiger partial charge is 0.352 e. The molecule has 0 bridgehead atoms. The average Bonchev–Trinajstić information content (AvgIpc) is 3.60. The number of hydrogen-bond acceptors (Lipinski definition) is 7. The van der Waals surface area contributed by atoms with Crippen LogP contribution in [0.25, 0.3) is 6.08 Å². The molecule has 3 aliphatic heterocycles. The highest BCUT2D eigenvalue weighted by Gasteiger charge is 2.56. The molecule has 0 fully saturated rings. The van der Waals surface area contributed by atoms with Crippen LogP contribution in [0.2, 0.25) is 0 Å². The molecule has 8 rings (SSSR count). The summed E-state index contributed by atoms with van der Waals surface area (Å²) in [5.74, 6) is 1.80. The molecule has 4 aromatic carbocycles. The summed E-state index contributed by atoms with van der Waals surface area (Å²) < 4.78 is 0. The molecule has 4 heterocycles. The van der Waals surface area contributed by atoms with Crippen LogP contribution in [0.1, 0.15) is 49.8 Å². The van der Waals surface area contributed by atoms with Crippen molar-refractivity contribution in [2.75, 3.05) is 26.6 Å². The van der Waals surface area contributed by atoms with Crippen molar-refractivity contribution in [3.8, 4) is 6.07 Å². The average molecular weight is 630 g/mol. The standard InChI is InChI=1S/C41H39N7/c1-5-29-25-28(27-42)21-22-33(29)47-36-20-14-13-19-35(36)45(4)39(47)31-26-41(6-2,7-3)32-17-11-12-18-34(32)48-38-37(43-23-24-44-38)46(40(31)48)30-15-9-8-10-16-30/h5,8-25,31,39-40H,1,6-7,26H2,2-4H3. The Bertz CT molecular complexity index is 2050. The minimum atomic E-state index is -0.138. The van der Waals surface area contributed by atoms with E-state index >= 15 is 0 Å². The predicted molar refractivity (Wildman–Crippen MR) is 195 cm³/mol. The van der Waals surface area contributed by atoms with Gasteiger partial charge < -0.3 is 19.6 Å². The van der Waals surface area contributed by atoms with E-state index in [1.807, 2.05) is 24.4 Å². The van der Waals surface area contributed by atoms with Gasteiger partial charge in [-0.3, -0.25) is 0 Å². The van der Waals surface area contributed by atoms with Crippen molar-refractivity contribution in [3.05, 3.63) is 133 Å². The third kappa shape index (κ3) is 4.25. The maximum absolute atomic E-state index is 9.80. The van der Waals surface area contributed by atoms with Crippen molar-refractivity contribution >= 4 is 46.1 Å². The van der Waals surface area contributed by atoms with Gasteiger partial charge in [-0.15, -0.1) is 0 Å². The fraction of sp³-hybridized carbons (Fsp3) is 0.244. The summed E-state index contributed by atoms with van der Waals surface area (Å²) in [5.41, 5.74) is 8.48. The maximum Gasteiger partial charge on any atom is 0.178 e. The van der Waals surface area contributed by atoms with Gasteiger partial charge >= 0.3 is 0 Å². The second kappa shape index (κ2) is 11.6. The molecule has 3 unspecified atom stereocenters. The third-order valence-electron chi connectivity index (χ3n) is 11.0. The van der Waals surface area contributed by atoms with Gasteiger partial charge in [-0.25, -0.2) is 9.97 Å². The van der Waals surface area contributed by atoms with Crippen molar-refractivity contribution in [1.82, 2.24) is 9.97 Å². The van der Waals surface area contributed by atoms with E-state index in [-0.39, 0.29) is 23.7 Å². The smallest absolute Gasteiger partial charge is 0.178 e. The molecule has 7 nitrogen and oxygen atoms in total. The molecule has 7 heteroatoms. The van der Waals surface area contributed by atoms with Crippen LogP contribution in [0.15, 0.2) is 116 Å². The zero-order valence-electron chi connectivity index (χ0n) is 27.7. The Morgan fingerprint density at radius 3 is 2.10 bits per heavy atom. The second-order valence-corrected chi connectivity index (χ2v) is 13.0. The van der Waals surface area contributed by atoms with E-state index in [1.54, 1.807) is 6.20 Å². The van der Waals surface area contributed by atoms with E-state index in [0.717, 1.165) is 53.5 Å². The van der Waals surface area contributed by atoms with Crippen LogP contribution in [0, 0.1) is 17.2 Å². The van der Waals surface area contributed by atoms with Crippen molar-refractivity contribution in [3.63, 3.8) is 0 Å². The van der Waals surface area contributed by atoms with Crippen LogP contribution in [-0.2, 0) is 5.41 Å².